The summed E-state index contributed by atoms with van der Waals surface area (Å²) in [6.45, 7) is 0. The van der Waals surface area contributed by atoms with Gasteiger partial charge in [-0.2, -0.15) is 0 Å². The van der Waals surface area contributed by atoms with Crippen molar-refractivity contribution in [3.05, 3.63) is 0 Å². The van der Waals surface area contributed by atoms with Crippen LogP contribution >= 0.6 is 0 Å². The maximum absolute atomic E-state index is 12.2. The number of ketones is 1. The molecule has 2 unspecified atom stereocenters. The first-order valence-electron chi connectivity index (χ1n) is 6.45. The van der Waals surface area contributed by atoms with Crippen LogP contribution in [0.1, 0.15) is 51.4 Å². The molecule has 0 saturated heterocycles. The maximum atomic E-state index is 12.2. The largest absolute Gasteiger partial charge is 0.481 e. The minimum atomic E-state index is -0.719. The molecule has 2 saturated carbocycles. The fourth-order valence-electron chi connectivity index (χ4n) is 3.22. The normalized spacial score (nSPS) is 31.5. The molecule has 0 aromatic carbocycles. The van der Waals surface area contributed by atoms with Crippen molar-refractivity contribution < 1.29 is 14.7 Å². The van der Waals surface area contributed by atoms with Gasteiger partial charge in [0.05, 0.1) is 5.92 Å². The molecule has 0 spiro atoms. The van der Waals surface area contributed by atoms with E-state index in [0.717, 1.165) is 32.1 Å². The van der Waals surface area contributed by atoms with E-state index in [1.54, 1.807) is 0 Å². The Morgan fingerprint density at radius 1 is 0.812 bits per heavy atom. The van der Waals surface area contributed by atoms with Crippen molar-refractivity contribution in [3.63, 3.8) is 0 Å². The van der Waals surface area contributed by atoms with Crippen molar-refractivity contribution in [1.82, 2.24) is 0 Å². The molecule has 0 aromatic rings. The van der Waals surface area contributed by atoms with Crippen LogP contribution in [0.2, 0.25) is 0 Å². The molecular formula is C13H20O3. The van der Waals surface area contributed by atoms with Crippen LogP contribution in [0, 0.1) is 17.8 Å². The van der Waals surface area contributed by atoms with Crippen LogP contribution in [-0.2, 0) is 9.59 Å². The summed E-state index contributed by atoms with van der Waals surface area (Å²) in [6, 6.07) is 0. The van der Waals surface area contributed by atoms with E-state index in [0.29, 0.717) is 12.2 Å². The van der Waals surface area contributed by atoms with E-state index in [9.17, 15) is 9.59 Å². The minimum Gasteiger partial charge on any atom is -0.481 e. The topological polar surface area (TPSA) is 54.4 Å². The van der Waals surface area contributed by atoms with Gasteiger partial charge in [-0.15, -0.1) is 0 Å². The summed E-state index contributed by atoms with van der Waals surface area (Å²) < 4.78 is 0. The van der Waals surface area contributed by atoms with Crippen molar-refractivity contribution in [2.75, 3.05) is 0 Å². The number of carbonyl (C=O) groups excluding carboxylic acids is 1. The molecule has 16 heavy (non-hydrogen) atoms. The molecule has 0 aromatic heterocycles. The fourth-order valence-corrected chi connectivity index (χ4v) is 3.22. The quantitative estimate of drug-likeness (QED) is 0.801. The van der Waals surface area contributed by atoms with Crippen LogP contribution in [0.15, 0.2) is 0 Å². The Kier molecular flexibility index (Phi) is 3.62. The smallest absolute Gasteiger partial charge is 0.306 e. The molecule has 0 amide bonds. The highest BCUT2D eigenvalue weighted by molar-refractivity contribution is 5.84. The van der Waals surface area contributed by atoms with E-state index in [-0.39, 0.29) is 17.8 Å². The van der Waals surface area contributed by atoms with Gasteiger partial charge >= 0.3 is 5.97 Å². The van der Waals surface area contributed by atoms with E-state index in [1.807, 2.05) is 0 Å². The summed E-state index contributed by atoms with van der Waals surface area (Å²) in [5.74, 6) is -0.341. The van der Waals surface area contributed by atoms with E-state index >= 15 is 0 Å². The van der Waals surface area contributed by atoms with Crippen LogP contribution in [0.3, 0.4) is 0 Å². The summed E-state index contributed by atoms with van der Waals surface area (Å²) in [4.78, 5) is 23.1. The standard InChI is InChI=1S/C13H20O3/c14-12(9-4-1-2-5-9)10-6-3-7-11(8-10)13(15)16/h9-11H,1-8H2,(H,15,16). The SMILES string of the molecule is O=C(O)C1CCCC(C(=O)C2CCCC2)C1. The molecule has 2 atom stereocenters. The van der Waals surface area contributed by atoms with Gasteiger partial charge in [0.25, 0.3) is 0 Å². The van der Waals surface area contributed by atoms with Crippen LogP contribution < -0.4 is 0 Å². The Labute approximate surface area is 96.2 Å². The lowest BCUT2D eigenvalue weighted by atomic mass is 9.76. The molecule has 0 radical (unpaired) electrons. The van der Waals surface area contributed by atoms with E-state index in [1.165, 1.54) is 12.8 Å². The first kappa shape index (κ1) is 11.6. The molecular weight excluding hydrogens is 204 g/mol. The van der Waals surface area contributed by atoms with Crippen LogP contribution in [0.25, 0.3) is 0 Å². The molecule has 0 aliphatic heterocycles. The summed E-state index contributed by atoms with van der Waals surface area (Å²) in [7, 11) is 0. The Bertz CT molecular complexity index is 279. The summed E-state index contributed by atoms with van der Waals surface area (Å²) in [5.41, 5.74) is 0. The average Bonchev–Trinajstić information content (AvgIpc) is 2.81. The summed E-state index contributed by atoms with van der Waals surface area (Å²) in [6.07, 6.45) is 7.57. The number of carbonyl (C=O) groups is 2. The van der Waals surface area contributed by atoms with Crippen LogP contribution in [0.4, 0.5) is 0 Å². The van der Waals surface area contributed by atoms with E-state index in [4.69, 9.17) is 5.11 Å². The number of rotatable bonds is 3. The second-order valence-electron chi connectivity index (χ2n) is 5.28. The number of aliphatic carboxylic acids is 1. The predicted octanol–water partition coefficient (Wildman–Crippen LogP) is 2.64. The number of hydrogen-bond donors (Lipinski definition) is 1. The second kappa shape index (κ2) is 4.98. The van der Waals surface area contributed by atoms with Gasteiger partial charge in [-0.3, -0.25) is 9.59 Å². The molecule has 2 aliphatic rings. The van der Waals surface area contributed by atoms with Gasteiger partial charge in [-0.05, 0) is 32.1 Å². The lowest BCUT2D eigenvalue weighted by molar-refractivity contribution is -0.144. The van der Waals surface area contributed by atoms with Gasteiger partial charge < -0.3 is 5.11 Å². The average molecular weight is 224 g/mol. The molecule has 1 N–H and O–H groups in total. The first-order chi connectivity index (χ1) is 7.68. The lowest BCUT2D eigenvalue weighted by Gasteiger charge is -2.27. The van der Waals surface area contributed by atoms with Gasteiger partial charge in [-0.1, -0.05) is 19.3 Å². The highest BCUT2D eigenvalue weighted by atomic mass is 16.4. The number of carboxylic acid groups (broad SMARTS) is 1. The van der Waals surface area contributed by atoms with Gasteiger partial charge in [-0.25, -0.2) is 0 Å². The van der Waals surface area contributed by atoms with Crippen molar-refractivity contribution >= 4 is 11.8 Å². The second-order valence-corrected chi connectivity index (χ2v) is 5.28. The number of carboxylic acids is 1. The minimum absolute atomic E-state index is 0.0398. The highest BCUT2D eigenvalue weighted by Gasteiger charge is 2.34. The van der Waals surface area contributed by atoms with Crippen LogP contribution in [-0.4, -0.2) is 16.9 Å². The Hall–Kier alpha value is -0.860. The van der Waals surface area contributed by atoms with Crippen molar-refractivity contribution in [1.29, 1.82) is 0 Å². The van der Waals surface area contributed by atoms with Crippen molar-refractivity contribution in [2.24, 2.45) is 17.8 Å². The monoisotopic (exact) mass is 224 g/mol. The molecule has 2 rings (SSSR count). The van der Waals surface area contributed by atoms with Crippen molar-refractivity contribution in [3.8, 4) is 0 Å². The number of Topliss-reactive ketones (excluding diaryl/α,β-unsaturated/α-hetero) is 1. The fraction of sp³-hybridized carbons (Fsp3) is 0.846. The lowest BCUT2D eigenvalue weighted by Crippen LogP contribution is -2.30. The summed E-state index contributed by atoms with van der Waals surface area (Å²) >= 11 is 0. The zero-order chi connectivity index (χ0) is 11.5. The zero-order valence-corrected chi connectivity index (χ0v) is 9.65. The molecule has 2 fully saturated rings. The molecule has 0 bridgehead atoms. The zero-order valence-electron chi connectivity index (χ0n) is 9.65. The van der Waals surface area contributed by atoms with Gasteiger partial charge in [0.2, 0.25) is 0 Å². The predicted molar refractivity (Wildman–Crippen MR) is 60.0 cm³/mol. The van der Waals surface area contributed by atoms with E-state index < -0.39 is 5.97 Å². The van der Waals surface area contributed by atoms with Gasteiger partial charge in [0.15, 0.2) is 0 Å². The first-order valence-corrected chi connectivity index (χ1v) is 6.45. The molecule has 3 heteroatoms. The van der Waals surface area contributed by atoms with Crippen LogP contribution in [0.5, 0.6) is 0 Å². The van der Waals surface area contributed by atoms with Gasteiger partial charge in [0.1, 0.15) is 5.78 Å². The van der Waals surface area contributed by atoms with Gasteiger partial charge in [0, 0.05) is 11.8 Å². The molecule has 90 valence electrons. The summed E-state index contributed by atoms with van der Waals surface area (Å²) in [5, 5.41) is 8.99. The molecule has 2 aliphatic carbocycles. The molecule has 0 heterocycles. The Balaban J connectivity index is 1.93. The third-order valence-corrected chi connectivity index (χ3v) is 4.18. The molecule has 3 nitrogen and oxygen atoms in total. The third kappa shape index (κ3) is 2.45. The number of hydrogen-bond acceptors (Lipinski definition) is 2. The Morgan fingerprint density at radius 2 is 1.38 bits per heavy atom. The van der Waals surface area contributed by atoms with E-state index in [2.05, 4.69) is 0 Å². The maximum Gasteiger partial charge on any atom is 0.306 e. The highest BCUT2D eigenvalue weighted by Crippen LogP contribution is 2.35. The van der Waals surface area contributed by atoms with Crippen molar-refractivity contribution in [2.45, 2.75) is 51.4 Å². The Morgan fingerprint density at radius 3 is 2.00 bits per heavy atom. The third-order valence-electron chi connectivity index (χ3n) is 4.18.